The van der Waals surface area contributed by atoms with Crippen LogP contribution in [0.2, 0.25) is 0 Å². The fraction of sp³-hybridized carbons (Fsp3) is 0.308. The molecule has 0 N–H and O–H groups in total. The molecule has 0 fully saturated rings. The number of hydrogen-bond acceptors (Lipinski definition) is 0. The van der Waals surface area contributed by atoms with Crippen LogP contribution in [0, 0.1) is 5.92 Å². The third kappa shape index (κ3) is 5.07. The fourth-order valence-electron chi connectivity index (χ4n) is 3.71. The molecule has 1 atom stereocenters. The van der Waals surface area contributed by atoms with Gasteiger partial charge in [-0.2, -0.15) is 8.78 Å². The van der Waals surface area contributed by atoms with Gasteiger partial charge in [0.05, 0.1) is 0 Å². The predicted molar refractivity (Wildman–Crippen MR) is 116 cm³/mol. The summed E-state index contributed by atoms with van der Waals surface area (Å²) >= 11 is 0. The van der Waals surface area contributed by atoms with Crippen molar-refractivity contribution in [2.24, 2.45) is 5.92 Å². The highest BCUT2D eigenvalue weighted by Crippen LogP contribution is 2.32. The summed E-state index contributed by atoms with van der Waals surface area (Å²) in [6.45, 7) is 6.54. The number of benzene rings is 3. The molecule has 0 spiro atoms. The molecular weight excluding hydrogens is 350 g/mol. The van der Waals surface area contributed by atoms with Gasteiger partial charge in [0, 0.05) is 5.57 Å². The van der Waals surface area contributed by atoms with Crippen LogP contribution in [0.25, 0.3) is 16.3 Å². The zero-order chi connectivity index (χ0) is 20.1. The number of halogens is 2. The van der Waals surface area contributed by atoms with Crippen molar-refractivity contribution >= 4 is 16.3 Å². The molecule has 0 aliphatic carbocycles. The Labute approximate surface area is 166 Å². The lowest BCUT2D eigenvalue weighted by atomic mass is 9.90. The Kier molecular flexibility index (Phi) is 6.61. The first kappa shape index (κ1) is 20.3. The highest BCUT2D eigenvalue weighted by Gasteiger charge is 2.14. The average Bonchev–Trinajstić information content (AvgIpc) is 2.67. The van der Waals surface area contributed by atoms with Crippen molar-refractivity contribution in [2.45, 2.75) is 46.0 Å². The summed E-state index contributed by atoms with van der Waals surface area (Å²) < 4.78 is 27.4. The van der Waals surface area contributed by atoms with Crippen molar-refractivity contribution in [3.05, 3.63) is 89.5 Å². The van der Waals surface area contributed by atoms with Crippen LogP contribution in [-0.2, 0) is 6.42 Å². The van der Waals surface area contributed by atoms with Crippen molar-refractivity contribution < 1.29 is 8.78 Å². The van der Waals surface area contributed by atoms with E-state index in [0.29, 0.717) is 24.3 Å². The van der Waals surface area contributed by atoms with Gasteiger partial charge in [0.1, 0.15) is 0 Å². The van der Waals surface area contributed by atoms with Gasteiger partial charge >= 0.3 is 0 Å². The summed E-state index contributed by atoms with van der Waals surface area (Å²) in [5.74, 6) is 0.869. The van der Waals surface area contributed by atoms with Crippen molar-refractivity contribution in [3.63, 3.8) is 0 Å². The second-order valence-corrected chi connectivity index (χ2v) is 8.08. The van der Waals surface area contributed by atoms with Crippen LogP contribution in [0.1, 0.15) is 56.2 Å². The number of rotatable bonds is 7. The molecule has 0 aliphatic rings. The number of hydrogen-bond donors (Lipinski definition) is 0. The quantitative estimate of drug-likeness (QED) is 0.388. The molecule has 3 aromatic carbocycles. The minimum Gasteiger partial charge on any atom is -0.173 e. The summed E-state index contributed by atoms with van der Waals surface area (Å²) in [7, 11) is 0. The SMILES string of the molecule is CC(C)Cc1ccc(C(C)CCC(=C(F)F)c2ccc3ccccc3c2)cc1. The molecule has 0 saturated carbocycles. The summed E-state index contributed by atoms with van der Waals surface area (Å²) in [6.07, 6.45) is 0.560. The molecule has 0 amide bonds. The Morgan fingerprint density at radius 1 is 0.821 bits per heavy atom. The van der Waals surface area contributed by atoms with Gasteiger partial charge in [-0.05, 0) is 64.6 Å². The molecule has 3 rings (SSSR count). The van der Waals surface area contributed by atoms with Crippen molar-refractivity contribution in [2.75, 3.05) is 0 Å². The normalized spacial score (nSPS) is 12.4. The maximum atomic E-state index is 13.7. The average molecular weight is 379 g/mol. The minimum absolute atomic E-state index is 0.161. The Morgan fingerprint density at radius 3 is 2.14 bits per heavy atom. The molecule has 0 heterocycles. The molecule has 0 radical (unpaired) electrons. The third-order valence-electron chi connectivity index (χ3n) is 5.35. The van der Waals surface area contributed by atoms with E-state index in [9.17, 15) is 8.78 Å². The fourth-order valence-corrected chi connectivity index (χ4v) is 3.71. The van der Waals surface area contributed by atoms with Gasteiger partial charge in [-0.25, -0.2) is 0 Å². The standard InChI is InChI=1S/C26H28F2/c1-18(2)16-20-9-11-21(12-10-20)19(3)8-15-25(26(27)28)24-14-13-22-6-4-5-7-23(22)17-24/h4-7,9-14,17-19H,8,15-16H2,1-3H3. The second kappa shape index (κ2) is 9.14. The van der Waals surface area contributed by atoms with Crippen molar-refractivity contribution in [3.8, 4) is 0 Å². The zero-order valence-electron chi connectivity index (χ0n) is 16.9. The molecule has 3 aromatic rings. The first-order chi connectivity index (χ1) is 13.4. The number of allylic oxidation sites excluding steroid dienone is 1. The van der Waals surface area contributed by atoms with Gasteiger partial charge < -0.3 is 0 Å². The van der Waals surface area contributed by atoms with E-state index >= 15 is 0 Å². The molecule has 0 nitrogen and oxygen atoms in total. The molecule has 0 saturated heterocycles. The monoisotopic (exact) mass is 378 g/mol. The molecule has 146 valence electrons. The van der Waals surface area contributed by atoms with Gasteiger partial charge in [0.15, 0.2) is 0 Å². The smallest absolute Gasteiger partial charge is 0.173 e. The van der Waals surface area contributed by atoms with E-state index in [4.69, 9.17) is 0 Å². The third-order valence-corrected chi connectivity index (χ3v) is 5.35. The largest absolute Gasteiger partial charge is 0.274 e. The maximum absolute atomic E-state index is 13.7. The summed E-state index contributed by atoms with van der Waals surface area (Å²) in [5.41, 5.74) is 3.33. The lowest BCUT2D eigenvalue weighted by molar-refractivity contribution is 0.422. The number of fused-ring (bicyclic) bond motifs is 1. The molecular formula is C26H28F2. The van der Waals surface area contributed by atoms with Crippen LogP contribution in [0.15, 0.2) is 72.8 Å². The lowest BCUT2D eigenvalue weighted by Crippen LogP contribution is -1.98. The molecule has 1 unspecified atom stereocenters. The van der Waals surface area contributed by atoms with Crippen LogP contribution < -0.4 is 0 Å². The van der Waals surface area contributed by atoms with E-state index in [1.54, 1.807) is 0 Å². The summed E-state index contributed by atoms with van der Waals surface area (Å²) in [5, 5.41) is 2.06. The van der Waals surface area contributed by atoms with Gasteiger partial charge in [-0.1, -0.05) is 81.4 Å². The van der Waals surface area contributed by atoms with E-state index in [1.165, 1.54) is 11.1 Å². The van der Waals surface area contributed by atoms with E-state index in [1.807, 2.05) is 42.5 Å². The maximum Gasteiger partial charge on any atom is 0.274 e. The Bertz CT molecular complexity index is 948. The van der Waals surface area contributed by atoms with Crippen LogP contribution in [0.5, 0.6) is 0 Å². The van der Waals surface area contributed by atoms with Crippen LogP contribution in [0.3, 0.4) is 0 Å². The van der Waals surface area contributed by atoms with Crippen LogP contribution in [-0.4, -0.2) is 0 Å². The van der Waals surface area contributed by atoms with Crippen LogP contribution >= 0.6 is 0 Å². The molecule has 28 heavy (non-hydrogen) atoms. The topological polar surface area (TPSA) is 0 Å². The highest BCUT2D eigenvalue weighted by atomic mass is 19.3. The van der Waals surface area contributed by atoms with Crippen LogP contribution in [0.4, 0.5) is 8.78 Å². The Balaban J connectivity index is 1.71. The lowest BCUT2D eigenvalue weighted by Gasteiger charge is -2.15. The van der Waals surface area contributed by atoms with E-state index in [-0.39, 0.29) is 11.5 Å². The van der Waals surface area contributed by atoms with Gasteiger partial charge in [0.25, 0.3) is 6.08 Å². The second-order valence-electron chi connectivity index (χ2n) is 8.08. The molecule has 2 heteroatoms. The van der Waals surface area contributed by atoms with Gasteiger partial charge in [0.2, 0.25) is 0 Å². The first-order valence-corrected chi connectivity index (χ1v) is 10.1. The first-order valence-electron chi connectivity index (χ1n) is 10.1. The van der Waals surface area contributed by atoms with E-state index < -0.39 is 6.08 Å². The van der Waals surface area contributed by atoms with Crippen molar-refractivity contribution in [1.29, 1.82) is 0 Å². The summed E-state index contributed by atoms with van der Waals surface area (Å²) in [4.78, 5) is 0. The highest BCUT2D eigenvalue weighted by molar-refractivity contribution is 5.86. The summed E-state index contributed by atoms with van der Waals surface area (Å²) in [6, 6.07) is 22.1. The van der Waals surface area contributed by atoms with E-state index in [2.05, 4.69) is 45.0 Å². The predicted octanol–water partition coefficient (Wildman–Crippen LogP) is 8.23. The zero-order valence-corrected chi connectivity index (χ0v) is 16.9. The molecule has 0 aliphatic heterocycles. The molecule has 0 bridgehead atoms. The van der Waals surface area contributed by atoms with Gasteiger partial charge in [-0.3, -0.25) is 0 Å². The Hall–Kier alpha value is -2.48. The molecule has 0 aromatic heterocycles. The van der Waals surface area contributed by atoms with E-state index in [0.717, 1.165) is 17.2 Å². The van der Waals surface area contributed by atoms with Gasteiger partial charge in [-0.15, -0.1) is 0 Å². The Morgan fingerprint density at radius 2 is 1.50 bits per heavy atom. The van der Waals surface area contributed by atoms with Crippen molar-refractivity contribution in [1.82, 2.24) is 0 Å². The minimum atomic E-state index is -1.57.